The number of sulfone groups is 1. The predicted octanol–water partition coefficient (Wildman–Crippen LogP) is 4.95. The van der Waals surface area contributed by atoms with E-state index in [1.54, 1.807) is 18.3 Å². The van der Waals surface area contributed by atoms with E-state index in [1.807, 2.05) is 0 Å². The molecule has 0 saturated carbocycles. The van der Waals surface area contributed by atoms with Crippen molar-refractivity contribution in [1.82, 2.24) is 0 Å². The summed E-state index contributed by atoms with van der Waals surface area (Å²) < 4.78 is 22.7. The van der Waals surface area contributed by atoms with Crippen LogP contribution in [0.15, 0.2) is 41.8 Å². The first-order chi connectivity index (χ1) is 10.5. The summed E-state index contributed by atoms with van der Waals surface area (Å²) in [6.45, 7) is 1.80. The van der Waals surface area contributed by atoms with Gasteiger partial charge in [0.25, 0.3) is 0 Å². The summed E-state index contributed by atoms with van der Waals surface area (Å²) in [4.78, 5) is 1.31. The van der Waals surface area contributed by atoms with Gasteiger partial charge in [-0.15, -0.1) is 11.3 Å². The lowest BCUT2D eigenvalue weighted by Crippen LogP contribution is -2.15. The molecule has 0 saturated heterocycles. The van der Waals surface area contributed by atoms with Crippen LogP contribution < -0.4 is 0 Å². The maximum Gasteiger partial charge on any atom is 0.150 e. The minimum Gasteiger partial charge on any atom is -0.229 e. The highest BCUT2D eigenvalue weighted by molar-refractivity contribution is 7.91. The van der Waals surface area contributed by atoms with E-state index in [0.717, 1.165) is 32.1 Å². The molecule has 120 valence electrons. The van der Waals surface area contributed by atoms with Crippen LogP contribution in [0.3, 0.4) is 0 Å². The Kier molecular flexibility index (Phi) is 6.21. The van der Waals surface area contributed by atoms with E-state index in [1.165, 1.54) is 22.3 Å². The highest BCUT2D eigenvalue weighted by Gasteiger charge is 2.13. The third kappa shape index (κ3) is 5.25. The fraction of sp³-hybridized carbons (Fsp3) is 0.444. The SMILES string of the molecule is CC(CCCCCc1ccc(-c2cccs2)cc1)S(C)(=O)=O. The van der Waals surface area contributed by atoms with E-state index in [4.69, 9.17) is 0 Å². The van der Waals surface area contributed by atoms with Crippen LogP contribution in [0.1, 0.15) is 38.2 Å². The van der Waals surface area contributed by atoms with Gasteiger partial charge in [-0.25, -0.2) is 8.42 Å². The van der Waals surface area contributed by atoms with Gasteiger partial charge < -0.3 is 0 Å². The van der Waals surface area contributed by atoms with Gasteiger partial charge in [-0.3, -0.25) is 0 Å². The molecule has 4 heteroatoms. The number of unbranched alkanes of at least 4 members (excludes halogenated alkanes) is 2. The topological polar surface area (TPSA) is 34.1 Å². The van der Waals surface area contributed by atoms with Crippen molar-refractivity contribution in [2.24, 2.45) is 0 Å². The monoisotopic (exact) mass is 336 g/mol. The molecule has 1 aromatic heterocycles. The lowest BCUT2D eigenvalue weighted by Gasteiger charge is -2.08. The molecular formula is C18H24O2S2. The Morgan fingerprint density at radius 2 is 1.77 bits per heavy atom. The molecule has 0 amide bonds. The van der Waals surface area contributed by atoms with E-state index in [2.05, 4.69) is 41.8 Å². The quantitative estimate of drug-likeness (QED) is 0.639. The van der Waals surface area contributed by atoms with E-state index < -0.39 is 9.84 Å². The minimum atomic E-state index is -2.87. The van der Waals surface area contributed by atoms with Crippen molar-refractivity contribution in [3.05, 3.63) is 47.3 Å². The number of thiophene rings is 1. The van der Waals surface area contributed by atoms with Crippen LogP contribution in [0, 0.1) is 0 Å². The van der Waals surface area contributed by atoms with E-state index in [-0.39, 0.29) is 5.25 Å². The Balaban J connectivity index is 1.72. The van der Waals surface area contributed by atoms with Gasteiger partial charge in [-0.2, -0.15) is 0 Å². The second kappa shape index (κ2) is 7.93. The normalized spacial score (nSPS) is 13.2. The molecule has 0 aliphatic rings. The maximum atomic E-state index is 11.3. The average Bonchev–Trinajstić information content (AvgIpc) is 3.00. The van der Waals surface area contributed by atoms with Crippen LogP contribution >= 0.6 is 11.3 Å². The van der Waals surface area contributed by atoms with Gasteiger partial charge in [-0.05, 0) is 48.8 Å². The predicted molar refractivity (Wildman–Crippen MR) is 96.2 cm³/mol. The van der Waals surface area contributed by atoms with Crippen LogP contribution in [0.2, 0.25) is 0 Å². The second-order valence-electron chi connectivity index (χ2n) is 5.91. The van der Waals surface area contributed by atoms with Crippen molar-refractivity contribution in [2.45, 2.75) is 44.3 Å². The third-order valence-electron chi connectivity index (χ3n) is 4.07. The molecule has 0 aliphatic carbocycles. The van der Waals surface area contributed by atoms with Crippen molar-refractivity contribution in [2.75, 3.05) is 6.26 Å². The van der Waals surface area contributed by atoms with Gasteiger partial charge >= 0.3 is 0 Å². The molecule has 0 radical (unpaired) electrons. The molecule has 1 heterocycles. The first kappa shape index (κ1) is 17.2. The summed E-state index contributed by atoms with van der Waals surface area (Å²) in [5.74, 6) is 0. The molecule has 0 N–H and O–H groups in total. The average molecular weight is 337 g/mol. The van der Waals surface area contributed by atoms with Crippen LogP contribution in [0.4, 0.5) is 0 Å². The van der Waals surface area contributed by atoms with Gasteiger partial charge in [0.1, 0.15) is 9.84 Å². The highest BCUT2D eigenvalue weighted by atomic mass is 32.2. The molecule has 0 aliphatic heterocycles. The van der Waals surface area contributed by atoms with Crippen molar-refractivity contribution >= 4 is 21.2 Å². The molecule has 22 heavy (non-hydrogen) atoms. The fourth-order valence-electron chi connectivity index (χ4n) is 2.43. The summed E-state index contributed by atoms with van der Waals surface area (Å²) >= 11 is 1.76. The molecule has 2 aromatic rings. The Labute approximate surface area is 138 Å². The number of benzene rings is 1. The fourth-order valence-corrected chi connectivity index (χ4v) is 3.76. The van der Waals surface area contributed by atoms with Gasteiger partial charge in [0.2, 0.25) is 0 Å². The summed E-state index contributed by atoms with van der Waals surface area (Å²) in [6, 6.07) is 13.0. The Morgan fingerprint density at radius 1 is 1.05 bits per heavy atom. The summed E-state index contributed by atoms with van der Waals surface area (Å²) in [6.07, 6.45) is 6.36. The zero-order valence-electron chi connectivity index (χ0n) is 13.3. The van der Waals surface area contributed by atoms with Crippen molar-refractivity contribution in [3.63, 3.8) is 0 Å². The van der Waals surface area contributed by atoms with Gasteiger partial charge in [0.15, 0.2) is 0 Å². The Morgan fingerprint density at radius 3 is 2.36 bits per heavy atom. The third-order valence-corrected chi connectivity index (χ3v) is 6.68. The Hall–Kier alpha value is -1.13. The summed E-state index contributed by atoms with van der Waals surface area (Å²) in [5, 5.41) is 1.89. The number of aryl methyl sites for hydroxylation is 1. The lowest BCUT2D eigenvalue weighted by molar-refractivity contribution is 0.569. The van der Waals surface area contributed by atoms with Crippen LogP contribution in [0.25, 0.3) is 10.4 Å². The van der Waals surface area contributed by atoms with Gasteiger partial charge in [0, 0.05) is 11.1 Å². The summed E-state index contributed by atoms with van der Waals surface area (Å²) in [5.41, 5.74) is 2.64. The van der Waals surface area contributed by atoms with Gasteiger partial charge in [0.05, 0.1) is 5.25 Å². The highest BCUT2D eigenvalue weighted by Crippen LogP contribution is 2.25. The van der Waals surface area contributed by atoms with E-state index >= 15 is 0 Å². The van der Waals surface area contributed by atoms with E-state index in [0.29, 0.717) is 0 Å². The Bertz CT molecular complexity index is 656. The largest absolute Gasteiger partial charge is 0.229 e. The molecule has 0 spiro atoms. The molecule has 2 nitrogen and oxygen atoms in total. The lowest BCUT2D eigenvalue weighted by atomic mass is 10.0. The zero-order chi connectivity index (χ0) is 16.0. The zero-order valence-corrected chi connectivity index (χ0v) is 14.9. The molecule has 1 atom stereocenters. The van der Waals surface area contributed by atoms with Crippen molar-refractivity contribution in [1.29, 1.82) is 0 Å². The first-order valence-electron chi connectivity index (χ1n) is 7.78. The minimum absolute atomic E-state index is 0.211. The second-order valence-corrected chi connectivity index (χ2v) is 9.33. The van der Waals surface area contributed by atoms with Gasteiger partial charge in [-0.1, -0.05) is 43.2 Å². The van der Waals surface area contributed by atoms with Crippen molar-refractivity contribution < 1.29 is 8.42 Å². The van der Waals surface area contributed by atoms with Crippen LogP contribution in [-0.2, 0) is 16.3 Å². The first-order valence-corrected chi connectivity index (χ1v) is 10.6. The summed E-state index contributed by atoms with van der Waals surface area (Å²) in [7, 11) is -2.87. The molecule has 2 rings (SSSR count). The standard InChI is InChI=1S/C18H24O2S2/c1-15(22(2,19)20)7-4-3-5-8-16-10-12-17(13-11-16)18-9-6-14-21-18/h6,9-15H,3-5,7-8H2,1-2H3. The van der Waals surface area contributed by atoms with Crippen LogP contribution in [0.5, 0.6) is 0 Å². The molecular weight excluding hydrogens is 312 g/mol. The number of rotatable bonds is 8. The molecule has 1 aromatic carbocycles. The van der Waals surface area contributed by atoms with E-state index in [9.17, 15) is 8.42 Å². The van der Waals surface area contributed by atoms with Crippen molar-refractivity contribution in [3.8, 4) is 10.4 Å². The molecule has 0 bridgehead atoms. The smallest absolute Gasteiger partial charge is 0.150 e. The number of hydrogen-bond donors (Lipinski definition) is 0. The molecule has 1 unspecified atom stereocenters. The molecule has 0 fully saturated rings. The number of hydrogen-bond acceptors (Lipinski definition) is 3. The van der Waals surface area contributed by atoms with Crippen LogP contribution in [-0.4, -0.2) is 19.9 Å². The maximum absolute atomic E-state index is 11.3.